The van der Waals surface area contributed by atoms with Crippen LogP contribution in [0.1, 0.15) is 35.4 Å². The van der Waals surface area contributed by atoms with E-state index in [1.54, 1.807) is 11.3 Å². The molecule has 0 fully saturated rings. The van der Waals surface area contributed by atoms with Gasteiger partial charge < -0.3 is 14.8 Å². The zero-order valence-corrected chi connectivity index (χ0v) is 14.5. The number of carbonyl (C=O) groups excluding carboxylic acids is 1. The van der Waals surface area contributed by atoms with Gasteiger partial charge in [0, 0.05) is 4.88 Å². The number of hydrogen-bond donors (Lipinski definition) is 1. The van der Waals surface area contributed by atoms with Gasteiger partial charge in [-0.3, -0.25) is 4.79 Å². The van der Waals surface area contributed by atoms with Gasteiger partial charge in [0.2, 0.25) is 5.76 Å². The fourth-order valence-corrected chi connectivity index (χ4v) is 3.43. The van der Waals surface area contributed by atoms with Crippen molar-refractivity contribution < 1.29 is 14.3 Å². The van der Waals surface area contributed by atoms with Crippen molar-refractivity contribution in [3.63, 3.8) is 0 Å². The zero-order chi connectivity index (χ0) is 16.8. The maximum absolute atomic E-state index is 12.5. The lowest BCUT2D eigenvalue weighted by Gasteiger charge is -2.21. The van der Waals surface area contributed by atoms with Crippen molar-refractivity contribution in [3.05, 3.63) is 69.8 Å². The van der Waals surface area contributed by atoms with E-state index in [1.165, 1.54) is 11.8 Å². The van der Waals surface area contributed by atoms with Crippen LogP contribution in [0.3, 0.4) is 0 Å². The second-order valence-corrected chi connectivity index (χ2v) is 6.59. The van der Waals surface area contributed by atoms with Gasteiger partial charge in [-0.2, -0.15) is 0 Å². The van der Waals surface area contributed by atoms with E-state index < -0.39 is 0 Å². The summed E-state index contributed by atoms with van der Waals surface area (Å²) in [5.74, 6) is -0.0313. The number of amides is 1. The molecule has 4 nitrogen and oxygen atoms in total. The number of rotatable bonds is 6. The highest BCUT2D eigenvalue weighted by molar-refractivity contribution is 7.10. The van der Waals surface area contributed by atoms with E-state index >= 15 is 0 Å². The third-order valence-corrected chi connectivity index (χ3v) is 4.76. The third kappa shape index (κ3) is 3.97. The van der Waals surface area contributed by atoms with Crippen molar-refractivity contribution in [3.8, 4) is 0 Å². The minimum absolute atomic E-state index is 0.195. The highest BCUT2D eigenvalue weighted by Gasteiger charge is 2.22. The Balaban J connectivity index is 1.81. The average Bonchev–Trinajstić information content (AvgIpc) is 3.16. The molecule has 1 aliphatic heterocycles. The highest BCUT2D eigenvalue weighted by Crippen LogP contribution is 2.27. The highest BCUT2D eigenvalue weighted by atomic mass is 32.1. The van der Waals surface area contributed by atoms with Crippen LogP contribution in [0.2, 0.25) is 0 Å². The standard InChI is InChI=1S/C19H21NO3S/c1-2-4-14-6-8-15(9-7-14)18(17-5-3-12-24-17)20-19(21)16-13-22-10-11-23-16/h3,5-9,12-13,18H,2,4,10-11H2,1H3,(H,20,21)/t18-/m0/s1. The Bertz CT molecular complexity index is 692. The van der Waals surface area contributed by atoms with E-state index in [1.807, 2.05) is 17.5 Å². The summed E-state index contributed by atoms with van der Waals surface area (Å²) in [4.78, 5) is 13.6. The fraction of sp³-hybridized carbons (Fsp3) is 0.316. The minimum atomic E-state index is -0.259. The summed E-state index contributed by atoms with van der Waals surface area (Å²) in [6, 6.07) is 12.3. The van der Waals surface area contributed by atoms with Gasteiger partial charge in [-0.05, 0) is 29.0 Å². The Morgan fingerprint density at radius 2 is 2.08 bits per heavy atom. The molecule has 1 amide bonds. The molecule has 24 heavy (non-hydrogen) atoms. The number of thiophene rings is 1. The van der Waals surface area contributed by atoms with E-state index in [0.29, 0.717) is 13.2 Å². The summed E-state index contributed by atoms with van der Waals surface area (Å²) in [6.45, 7) is 3.04. The summed E-state index contributed by atoms with van der Waals surface area (Å²) < 4.78 is 10.6. The first-order valence-corrected chi connectivity index (χ1v) is 9.03. The van der Waals surface area contributed by atoms with Gasteiger partial charge in [-0.15, -0.1) is 11.3 Å². The minimum Gasteiger partial charge on any atom is -0.494 e. The molecule has 0 spiro atoms. The Kier molecular flexibility index (Phi) is 5.54. The van der Waals surface area contributed by atoms with Crippen molar-refractivity contribution in [1.29, 1.82) is 0 Å². The monoisotopic (exact) mass is 343 g/mol. The topological polar surface area (TPSA) is 47.6 Å². The average molecular weight is 343 g/mol. The summed E-state index contributed by atoms with van der Waals surface area (Å²) >= 11 is 1.62. The zero-order valence-electron chi connectivity index (χ0n) is 13.7. The second kappa shape index (κ2) is 8.02. The van der Waals surface area contributed by atoms with Crippen LogP contribution in [-0.4, -0.2) is 19.1 Å². The van der Waals surface area contributed by atoms with Crippen molar-refractivity contribution >= 4 is 17.2 Å². The Labute approximate surface area is 146 Å². The molecule has 1 aliphatic rings. The number of hydrogen-bond acceptors (Lipinski definition) is 4. The summed E-state index contributed by atoms with van der Waals surface area (Å²) in [5, 5.41) is 5.07. The quantitative estimate of drug-likeness (QED) is 0.868. The van der Waals surface area contributed by atoms with Crippen LogP contribution in [0.5, 0.6) is 0 Å². The first-order chi connectivity index (χ1) is 11.8. The van der Waals surface area contributed by atoms with Crippen LogP contribution in [0.15, 0.2) is 53.8 Å². The molecule has 0 aliphatic carbocycles. The van der Waals surface area contributed by atoms with E-state index in [-0.39, 0.29) is 17.7 Å². The molecule has 1 N–H and O–H groups in total. The molecule has 1 atom stereocenters. The van der Waals surface area contributed by atoms with Crippen LogP contribution in [0.25, 0.3) is 0 Å². The molecular formula is C19H21NO3S. The Morgan fingerprint density at radius 3 is 2.71 bits per heavy atom. The second-order valence-electron chi connectivity index (χ2n) is 5.61. The molecule has 2 aromatic rings. The molecule has 2 heterocycles. The predicted molar refractivity (Wildman–Crippen MR) is 94.7 cm³/mol. The summed E-state index contributed by atoms with van der Waals surface area (Å²) in [6.07, 6.45) is 3.57. The number of carbonyl (C=O) groups is 1. The smallest absolute Gasteiger partial charge is 0.290 e. The molecule has 126 valence electrons. The molecule has 0 saturated heterocycles. The molecule has 0 unspecified atom stereocenters. The lowest BCUT2D eigenvalue weighted by Crippen LogP contribution is -2.32. The van der Waals surface area contributed by atoms with Crippen LogP contribution >= 0.6 is 11.3 Å². The molecule has 3 rings (SSSR count). The lowest BCUT2D eigenvalue weighted by atomic mass is 10.0. The number of ether oxygens (including phenoxy) is 2. The van der Waals surface area contributed by atoms with Gasteiger partial charge in [-0.1, -0.05) is 43.7 Å². The SMILES string of the molecule is CCCc1ccc([C@H](NC(=O)C2=COCCO2)c2cccs2)cc1. The number of nitrogens with one attached hydrogen (secondary N) is 1. The number of aryl methyl sites for hydroxylation is 1. The van der Waals surface area contributed by atoms with Gasteiger partial charge >= 0.3 is 0 Å². The molecular weight excluding hydrogens is 322 g/mol. The molecule has 0 bridgehead atoms. The van der Waals surface area contributed by atoms with Gasteiger partial charge in [0.1, 0.15) is 19.5 Å². The fourth-order valence-electron chi connectivity index (χ4n) is 2.63. The first kappa shape index (κ1) is 16.6. The van der Waals surface area contributed by atoms with Gasteiger partial charge in [0.05, 0.1) is 6.04 Å². The van der Waals surface area contributed by atoms with Crippen LogP contribution < -0.4 is 5.32 Å². The van der Waals surface area contributed by atoms with E-state index in [4.69, 9.17) is 9.47 Å². The summed E-state index contributed by atoms with van der Waals surface area (Å²) in [5.41, 5.74) is 2.37. The van der Waals surface area contributed by atoms with Crippen molar-refractivity contribution in [2.75, 3.05) is 13.2 Å². The van der Waals surface area contributed by atoms with E-state index in [9.17, 15) is 4.79 Å². The predicted octanol–water partition coefficient (Wildman–Crippen LogP) is 3.79. The van der Waals surface area contributed by atoms with E-state index in [0.717, 1.165) is 23.3 Å². The van der Waals surface area contributed by atoms with Gasteiger partial charge in [-0.25, -0.2) is 0 Å². The maximum Gasteiger partial charge on any atom is 0.290 e. The third-order valence-electron chi connectivity index (χ3n) is 3.83. The molecule has 0 saturated carbocycles. The number of benzene rings is 1. The Morgan fingerprint density at radius 1 is 1.25 bits per heavy atom. The lowest BCUT2D eigenvalue weighted by molar-refractivity contribution is -0.122. The van der Waals surface area contributed by atoms with Gasteiger partial charge in [0.15, 0.2) is 0 Å². The molecule has 1 aromatic carbocycles. The first-order valence-electron chi connectivity index (χ1n) is 8.15. The van der Waals surface area contributed by atoms with E-state index in [2.05, 4.69) is 36.5 Å². The van der Waals surface area contributed by atoms with Crippen molar-refractivity contribution in [2.24, 2.45) is 0 Å². The molecule has 0 radical (unpaired) electrons. The normalized spacial score (nSPS) is 15.0. The van der Waals surface area contributed by atoms with Crippen LogP contribution in [0, 0.1) is 0 Å². The van der Waals surface area contributed by atoms with Crippen LogP contribution in [-0.2, 0) is 20.7 Å². The van der Waals surface area contributed by atoms with Crippen molar-refractivity contribution in [2.45, 2.75) is 25.8 Å². The summed E-state index contributed by atoms with van der Waals surface area (Å²) in [7, 11) is 0. The van der Waals surface area contributed by atoms with Crippen molar-refractivity contribution in [1.82, 2.24) is 5.32 Å². The maximum atomic E-state index is 12.5. The van der Waals surface area contributed by atoms with Gasteiger partial charge in [0.25, 0.3) is 5.91 Å². The Hall–Kier alpha value is -2.27. The largest absolute Gasteiger partial charge is 0.494 e. The molecule has 5 heteroatoms. The van der Waals surface area contributed by atoms with Crippen LogP contribution in [0.4, 0.5) is 0 Å². The molecule has 1 aromatic heterocycles.